The molecule has 0 aliphatic heterocycles. The van der Waals surface area contributed by atoms with E-state index in [2.05, 4.69) is 17.6 Å². The monoisotopic (exact) mass is 390 g/mol. The van der Waals surface area contributed by atoms with E-state index in [1.54, 1.807) is 6.07 Å². The fourth-order valence-corrected chi connectivity index (χ4v) is 3.14. The number of nitrogens with one attached hydrogen (secondary N) is 2. The van der Waals surface area contributed by atoms with E-state index < -0.39 is 0 Å². The SMILES string of the molecule is CCCc1ccc(OCC(=O)NCCNC(=O)c2cccc3ccccc23)cc1. The molecule has 0 fully saturated rings. The van der Waals surface area contributed by atoms with E-state index in [4.69, 9.17) is 4.74 Å². The molecule has 29 heavy (non-hydrogen) atoms. The minimum absolute atomic E-state index is 0.0512. The Labute approximate surface area is 171 Å². The highest BCUT2D eigenvalue weighted by Gasteiger charge is 2.09. The average Bonchev–Trinajstić information content (AvgIpc) is 2.76. The Bertz CT molecular complexity index is 962. The number of aryl methyl sites for hydroxylation is 1. The minimum Gasteiger partial charge on any atom is -0.484 e. The van der Waals surface area contributed by atoms with Crippen LogP contribution in [-0.2, 0) is 11.2 Å². The molecule has 3 rings (SSSR count). The number of amides is 2. The van der Waals surface area contributed by atoms with E-state index >= 15 is 0 Å². The molecule has 0 unspecified atom stereocenters. The summed E-state index contributed by atoms with van der Waals surface area (Å²) < 4.78 is 5.50. The molecule has 5 heteroatoms. The number of hydrogen-bond donors (Lipinski definition) is 2. The van der Waals surface area contributed by atoms with Crippen LogP contribution in [0, 0.1) is 0 Å². The molecule has 0 atom stereocenters. The van der Waals surface area contributed by atoms with Crippen LogP contribution >= 0.6 is 0 Å². The summed E-state index contributed by atoms with van der Waals surface area (Å²) in [7, 11) is 0. The van der Waals surface area contributed by atoms with Crippen LogP contribution in [0.4, 0.5) is 0 Å². The van der Waals surface area contributed by atoms with E-state index in [1.165, 1.54) is 5.56 Å². The Hall–Kier alpha value is -3.34. The van der Waals surface area contributed by atoms with Crippen LogP contribution < -0.4 is 15.4 Å². The number of fused-ring (bicyclic) bond motifs is 1. The second-order valence-corrected chi connectivity index (χ2v) is 6.82. The minimum atomic E-state index is -0.220. The summed E-state index contributed by atoms with van der Waals surface area (Å²) in [5.41, 5.74) is 1.88. The van der Waals surface area contributed by atoms with Crippen LogP contribution in [-0.4, -0.2) is 31.5 Å². The van der Waals surface area contributed by atoms with Crippen molar-refractivity contribution in [1.29, 1.82) is 0 Å². The Morgan fingerprint density at radius 1 is 0.862 bits per heavy atom. The van der Waals surface area contributed by atoms with Crippen molar-refractivity contribution in [2.45, 2.75) is 19.8 Å². The third kappa shape index (κ3) is 5.82. The summed E-state index contributed by atoms with van der Waals surface area (Å²) >= 11 is 0. The van der Waals surface area contributed by atoms with Crippen LogP contribution in [0.15, 0.2) is 66.7 Å². The van der Waals surface area contributed by atoms with Crippen LogP contribution in [0.2, 0.25) is 0 Å². The number of carbonyl (C=O) groups excluding carboxylic acids is 2. The lowest BCUT2D eigenvalue weighted by molar-refractivity contribution is -0.123. The lowest BCUT2D eigenvalue weighted by Crippen LogP contribution is -2.36. The quantitative estimate of drug-likeness (QED) is 0.547. The van der Waals surface area contributed by atoms with Crippen LogP contribution in [0.25, 0.3) is 10.8 Å². The van der Waals surface area contributed by atoms with E-state index in [9.17, 15) is 9.59 Å². The van der Waals surface area contributed by atoms with E-state index in [-0.39, 0.29) is 18.4 Å². The summed E-state index contributed by atoms with van der Waals surface area (Å²) in [6.07, 6.45) is 2.13. The molecule has 0 saturated carbocycles. The Morgan fingerprint density at radius 2 is 1.59 bits per heavy atom. The molecule has 3 aromatic rings. The molecule has 0 aliphatic carbocycles. The van der Waals surface area contributed by atoms with Gasteiger partial charge in [-0.05, 0) is 41.0 Å². The van der Waals surface area contributed by atoms with E-state index in [0.717, 1.165) is 23.6 Å². The highest BCUT2D eigenvalue weighted by molar-refractivity contribution is 6.07. The lowest BCUT2D eigenvalue weighted by atomic mass is 10.0. The van der Waals surface area contributed by atoms with Crippen molar-refractivity contribution in [3.63, 3.8) is 0 Å². The topological polar surface area (TPSA) is 67.4 Å². The number of carbonyl (C=O) groups is 2. The molecule has 2 N–H and O–H groups in total. The highest BCUT2D eigenvalue weighted by atomic mass is 16.5. The first-order valence-electron chi connectivity index (χ1n) is 9.92. The number of ether oxygens (including phenoxy) is 1. The first-order chi connectivity index (χ1) is 14.2. The average molecular weight is 390 g/mol. The van der Waals surface area contributed by atoms with Crippen molar-refractivity contribution in [3.05, 3.63) is 77.9 Å². The van der Waals surface area contributed by atoms with Gasteiger partial charge in [-0.2, -0.15) is 0 Å². The van der Waals surface area contributed by atoms with Gasteiger partial charge in [0.1, 0.15) is 5.75 Å². The number of rotatable bonds is 9. The summed E-state index contributed by atoms with van der Waals surface area (Å²) in [6.45, 7) is 2.78. The zero-order valence-corrected chi connectivity index (χ0v) is 16.6. The third-order valence-corrected chi connectivity index (χ3v) is 4.60. The fraction of sp³-hybridized carbons (Fsp3) is 0.250. The normalized spacial score (nSPS) is 10.5. The van der Waals surface area contributed by atoms with Gasteiger partial charge in [-0.3, -0.25) is 9.59 Å². The van der Waals surface area contributed by atoms with Gasteiger partial charge in [-0.1, -0.05) is 61.9 Å². The molecule has 0 heterocycles. The highest BCUT2D eigenvalue weighted by Crippen LogP contribution is 2.18. The van der Waals surface area contributed by atoms with Gasteiger partial charge in [0.15, 0.2) is 6.61 Å². The van der Waals surface area contributed by atoms with Gasteiger partial charge in [-0.15, -0.1) is 0 Å². The standard InChI is InChI=1S/C24H26N2O3/c1-2-6-18-11-13-20(14-12-18)29-17-23(27)25-15-16-26-24(28)22-10-5-8-19-7-3-4-9-21(19)22/h3-5,7-14H,2,6,15-17H2,1H3,(H,25,27)(H,26,28). The van der Waals surface area contributed by atoms with Gasteiger partial charge in [0, 0.05) is 18.7 Å². The molecule has 0 spiro atoms. The molecule has 0 aromatic heterocycles. The molecular formula is C24H26N2O3. The van der Waals surface area contributed by atoms with Crippen molar-refractivity contribution < 1.29 is 14.3 Å². The first-order valence-corrected chi connectivity index (χ1v) is 9.92. The van der Waals surface area contributed by atoms with Gasteiger partial charge in [0.2, 0.25) is 0 Å². The maximum Gasteiger partial charge on any atom is 0.258 e. The molecule has 3 aromatic carbocycles. The first kappa shape index (κ1) is 20.4. The maximum absolute atomic E-state index is 12.4. The molecular weight excluding hydrogens is 364 g/mol. The zero-order valence-electron chi connectivity index (χ0n) is 16.6. The van der Waals surface area contributed by atoms with Crippen molar-refractivity contribution in [1.82, 2.24) is 10.6 Å². The second kappa shape index (κ2) is 10.3. The Morgan fingerprint density at radius 3 is 2.38 bits per heavy atom. The summed E-state index contributed by atoms with van der Waals surface area (Å²) in [5.74, 6) is 0.297. The van der Waals surface area contributed by atoms with Crippen LogP contribution in [0.5, 0.6) is 5.75 Å². The second-order valence-electron chi connectivity index (χ2n) is 6.82. The van der Waals surface area contributed by atoms with Crippen LogP contribution in [0.1, 0.15) is 29.3 Å². The van der Waals surface area contributed by atoms with Crippen LogP contribution in [0.3, 0.4) is 0 Å². The Kier molecular flexibility index (Phi) is 7.22. The van der Waals surface area contributed by atoms with Gasteiger partial charge in [-0.25, -0.2) is 0 Å². The zero-order chi connectivity index (χ0) is 20.5. The fourth-order valence-electron chi connectivity index (χ4n) is 3.14. The molecule has 2 amide bonds. The smallest absolute Gasteiger partial charge is 0.258 e. The number of benzene rings is 3. The molecule has 5 nitrogen and oxygen atoms in total. The predicted octanol–water partition coefficient (Wildman–Crippen LogP) is 3.72. The van der Waals surface area contributed by atoms with Gasteiger partial charge in [0.05, 0.1) is 0 Å². The van der Waals surface area contributed by atoms with Gasteiger partial charge in [0.25, 0.3) is 11.8 Å². The largest absolute Gasteiger partial charge is 0.484 e. The van der Waals surface area contributed by atoms with Crippen molar-refractivity contribution in [3.8, 4) is 5.75 Å². The van der Waals surface area contributed by atoms with Crippen molar-refractivity contribution >= 4 is 22.6 Å². The molecule has 0 radical (unpaired) electrons. The van der Waals surface area contributed by atoms with Crippen molar-refractivity contribution in [2.24, 2.45) is 0 Å². The summed E-state index contributed by atoms with van der Waals surface area (Å²) in [4.78, 5) is 24.4. The van der Waals surface area contributed by atoms with Gasteiger partial charge < -0.3 is 15.4 Å². The molecule has 0 bridgehead atoms. The van der Waals surface area contributed by atoms with E-state index in [0.29, 0.717) is 24.4 Å². The molecule has 150 valence electrons. The molecule has 0 aliphatic rings. The third-order valence-electron chi connectivity index (χ3n) is 4.60. The lowest BCUT2D eigenvalue weighted by Gasteiger charge is -2.10. The number of hydrogen-bond acceptors (Lipinski definition) is 3. The molecule has 0 saturated heterocycles. The van der Waals surface area contributed by atoms with Crippen molar-refractivity contribution in [2.75, 3.05) is 19.7 Å². The summed E-state index contributed by atoms with van der Waals surface area (Å²) in [5, 5.41) is 7.53. The summed E-state index contributed by atoms with van der Waals surface area (Å²) in [6, 6.07) is 21.2. The maximum atomic E-state index is 12.4. The van der Waals surface area contributed by atoms with Gasteiger partial charge >= 0.3 is 0 Å². The predicted molar refractivity (Wildman–Crippen MR) is 115 cm³/mol. The Balaban J connectivity index is 1.39. The van der Waals surface area contributed by atoms with E-state index in [1.807, 2.05) is 60.7 Å².